The first kappa shape index (κ1) is 18.8. The average Bonchev–Trinajstić information content (AvgIpc) is 3.20. The molecule has 3 aromatic rings. The molecule has 0 saturated carbocycles. The summed E-state index contributed by atoms with van der Waals surface area (Å²) in [6.45, 7) is 0. The lowest BCUT2D eigenvalue weighted by atomic mass is 10.1. The van der Waals surface area contributed by atoms with Crippen molar-refractivity contribution in [2.45, 2.75) is 0 Å². The van der Waals surface area contributed by atoms with Crippen molar-refractivity contribution in [3.63, 3.8) is 0 Å². The number of hydrogen-bond acceptors (Lipinski definition) is 7. The molecule has 28 heavy (non-hydrogen) atoms. The van der Waals surface area contributed by atoms with E-state index < -0.39 is 5.91 Å². The first-order valence-electron chi connectivity index (χ1n) is 8.15. The van der Waals surface area contributed by atoms with E-state index in [9.17, 15) is 15.0 Å². The van der Waals surface area contributed by atoms with Gasteiger partial charge in [-0.2, -0.15) is 10.2 Å². The number of H-pyrrole nitrogens is 1. The Morgan fingerprint density at radius 3 is 2.57 bits per heavy atom. The standard InChI is InChI=1S/C19H18N4O5/c1-27-17-6-4-12(8-18(17)28-2)13-9-14(22-21-13)19(26)23-20-10-11-3-5-15(24)16(25)7-11/h3-10,24-25H,1-2H3,(H,21,22)(H,23,26)/b20-10-. The third-order valence-electron chi connectivity index (χ3n) is 3.88. The number of rotatable bonds is 6. The summed E-state index contributed by atoms with van der Waals surface area (Å²) in [4.78, 5) is 12.2. The number of nitrogens with zero attached hydrogens (tertiary/aromatic N) is 2. The zero-order valence-corrected chi connectivity index (χ0v) is 15.1. The van der Waals surface area contributed by atoms with Gasteiger partial charge in [-0.05, 0) is 48.0 Å². The van der Waals surface area contributed by atoms with Crippen LogP contribution in [0.25, 0.3) is 11.3 Å². The topological polar surface area (TPSA) is 129 Å². The largest absolute Gasteiger partial charge is 0.504 e. The molecular weight excluding hydrogens is 364 g/mol. The maximum atomic E-state index is 12.2. The molecule has 0 radical (unpaired) electrons. The number of carbonyl (C=O) groups excluding carboxylic acids is 1. The molecule has 0 spiro atoms. The van der Waals surface area contributed by atoms with Crippen LogP contribution < -0.4 is 14.9 Å². The molecule has 3 rings (SSSR count). The summed E-state index contributed by atoms with van der Waals surface area (Å²) in [6, 6.07) is 11.1. The number of phenolic OH excluding ortho intramolecular Hbond substituents is 2. The van der Waals surface area contributed by atoms with E-state index in [1.165, 1.54) is 31.5 Å². The maximum absolute atomic E-state index is 12.2. The molecule has 4 N–H and O–H groups in total. The number of carbonyl (C=O) groups is 1. The van der Waals surface area contributed by atoms with Gasteiger partial charge in [-0.25, -0.2) is 5.43 Å². The summed E-state index contributed by atoms with van der Waals surface area (Å²) in [6.07, 6.45) is 1.34. The molecule has 0 aliphatic carbocycles. The van der Waals surface area contributed by atoms with E-state index in [1.54, 1.807) is 31.4 Å². The van der Waals surface area contributed by atoms with Crippen molar-refractivity contribution in [1.82, 2.24) is 15.6 Å². The molecule has 144 valence electrons. The Morgan fingerprint density at radius 2 is 1.86 bits per heavy atom. The third kappa shape index (κ3) is 4.04. The van der Waals surface area contributed by atoms with Gasteiger partial charge in [0.05, 0.1) is 26.1 Å². The Kier molecular flexibility index (Phi) is 5.45. The molecule has 9 nitrogen and oxygen atoms in total. The smallest absolute Gasteiger partial charge is 0.289 e. The van der Waals surface area contributed by atoms with Gasteiger partial charge in [0.2, 0.25) is 0 Å². The van der Waals surface area contributed by atoms with E-state index in [4.69, 9.17) is 9.47 Å². The van der Waals surface area contributed by atoms with Crippen molar-refractivity contribution in [2.75, 3.05) is 14.2 Å². The zero-order valence-electron chi connectivity index (χ0n) is 15.1. The van der Waals surface area contributed by atoms with Crippen molar-refractivity contribution in [3.05, 3.63) is 53.7 Å². The van der Waals surface area contributed by atoms with E-state index in [-0.39, 0.29) is 17.2 Å². The van der Waals surface area contributed by atoms with Crippen LogP contribution >= 0.6 is 0 Å². The number of hydrogen-bond donors (Lipinski definition) is 4. The average molecular weight is 382 g/mol. The summed E-state index contributed by atoms with van der Waals surface area (Å²) in [5.41, 5.74) is 4.38. The molecule has 0 aliphatic rings. The lowest BCUT2D eigenvalue weighted by Crippen LogP contribution is -2.17. The quantitative estimate of drug-likeness (QED) is 0.294. The molecule has 0 fully saturated rings. The minimum atomic E-state index is -0.488. The summed E-state index contributed by atoms with van der Waals surface area (Å²) >= 11 is 0. The van der Waals surface area contributed by atoms with Gasteiger partial charge in [0, 0.05) is 5.56 Å². The maximum Gasteiger partial charge on any atom is 0.289 e. The number of benzene rings is 2. The van der Waals surface area contributed by atoms with Crippen molar-refractivity contribution in [1.29, 1.82) is 0 Å². The second-order valence-electron chi connectivity index (χ2n) is 5.68. The number of nitrogens with one attached hydrogen (secondary N) is 2. The highest BCUT2D eigenvalue weighted by Gasteiger charge is 2.12. The van der Waals surface area contributed by atoms with E-state index in [1.807, 2.05) is 0 Å². The number of phenols is 2. The molecular formula is C19H18N4O5. The molecule has 0 saturated heterocycles. The highest BCUT2D eigenvalue weighted by molar-refractivity contribution is 5.94. The predicted molar refractivity (Wildman–Crippen MR) is 102 cm³/mol. The molecule has 9 heteroatoms. The molecule has 0 unspecified atom stereocenters. The number of ether oxygens (including phenoxy) is 2. The molecule has 1 amide bonds. The van der Waals surface area contributed by atoms with Crippen molar-refractivity contribution in [2.24, 2.45) is 5.10 Å². The fourth-order valence-electron chi connectivity index (χ4n) is 2.43. The molecule has 1 aromatic heterocycles. The summed E-state index contributed by atoms with van der Waals surface area (Å²) in [7, 11) is 3.09. The first-order valence-corrected chi connectivity index (χ1v) is 8.15. The Hall–Kier alpha value is -4.01. The zero-order chi connectivity index (χ0) is 20.1. The van der Waals surface area contributed by atoms with Crippen LogP contribution in [0.5, 0.6) is 23.0 Å². The summed E-state index contributed by atoms with van der Waals surface area (Å²) in [5, 5.41) is 29.3. The molecule has 2 aromatic carbocycles. The number of methoxy groups -OCH3 is 2. The highest BCUT2D eigenvalue weighted by atomic mass is 16.5. The Balaban J connectivity index is 1.70. The molecule has 0 bridgehead atoms. The van der Waals surface area contributed by atoms with Gasteiger partial charge in [-0.1, -0.05) is 0 Å². The SMILES string of the molecule is COc1ccc(-c2cc(C(=O)N/N=C\c3ccc(O)c(O)c3)[nH]n2)cc1OC. The lowest BCUT2D eigenvalue weighted by molar-refractivity contribution is 0.0950. The predicted octanol–water partition coefficient (Wildman–Crippen LogP) is 2.27. The first-order chi connectivity index (χ1) is 13.5. The van der Waals surface area contributed by atoms with E-state index >= 15 is 0 Å². The molecule has 1 heterocycles. The number of aromatic hydroxyl groups is 2. The van der Waals surface area contributed by atoms with Crippen molar-refractivity contribution >= 4 is 12.1 Å². The van der Waals surface area contributed by atoms with Gasteiger partial charge < -0.3 is 19.7 Å². The van der Waals surface area contributed by atoms with E-state index in [0.29, 0.717) is 22.8 Å². The number of aromatic amines is 1. The van der Waals surface area contributed by atoms with Gasteiger partial charge in [-0.15, -0.1) is 0 Å². The number of aromatic nitrogens is 2. The normalized spacial score (nSPS) is 10.8. The van der Waals surface area contributed by atoms with Gasteiger partial charge in [0.25, 0.3) is 5.91 Å². The minimum Gasteiger partial charge on any atom is -0.504 e. The van der Waals surface area contributed by atoms with Crippen molar-refractivity contribution in [3.8, 4) is 34.3 Å². The van der Waals surface area contributed by atoms with Crippen LogP contribution in [-0.2, 0) is 0 Å². The summed E-state index contributed by atoms with van der Waals surface area (Å²) < 4.78 is 10.5. The Bertz CT molecular complexity index is 1030. The van der Waals surface area contributed by atoms with Crippen LogP contribution in [0.3, 0.4) is 0 Å². The van der Waals surface area contributed by atoms with Crippen LogP contribution in [0.1, 0.15) is 16.1 Å². The van der Waals surface area contributed by atoms with Crippen LogP contribution in [0.15, 0.2) is 47.6 Å². The fraction of sp³-hybridized carbons (Fsp3) is 0.105. The van der Waals surface area contributed by atoms with Gasteiger partial charge >= 0.3 is 0 Å². The Labute approximate surface area is 160 Å². The van der Waals surface area contributed by atoms with Gasteiger partial charge in [0.1, 0.15) is 5.69 Å². The second-order valence-corrected chi connectivity index (χ2v) is 5.68. The summed E-state index contributed by atoms with van der Waals surface area (Å²) in [5.74, 6) is 0.147. The Morgan fingerprint density at radius 1 is 1.07 bits per heavy atom. The second kappa shape index (κ2) is 8.12. The van der Waals surface area contributed by atoms with Crippen molar-refractivity contribution < 1.29 is 24.5 Å². The van der Waals surface area contributed by atoms with E-state index in [2.05, 4.69) is 20.7 Å². The van der Waals surface area contributed by atoms with Crippen LogP contribution in [0, 0.1) is 0 Å². The molecule has 0 atom stereocenters. The monoisotopic (exact) mass is 382 g/mol. The van der Waals surface area contributed by atoms with Crippen LogP contribution in [0.4, 0.5) is 0 Å². The number of amides is 1. The fourth-order valence-corrected chi connectivity index (χ4v) is 2.43. The lowest BCUT2D eigenvalue weighted by Gasteiger charge is -2.08. The number of hydrazone groups is 1. The minimum absolute atomic E-state index is 0.218. The van der Waals surface area contributed by atoms with Gasteiger partial charge in [0.15, 0.2) is 23.0 Å². The van der Waals surface area contributed by atoms with Crippen LogP contribution in [-0.4, -0.2) is 46.8 Å². The highest BCUT2D eigenvalue weighted by Crippen LogP contribution is 2.31. The molecule has 0 aliphatic heterocycles. The van der Waals surface area contributed by atoms with Gasteiger partial charge in [-0.3, -0.25) is 9.89 Å². The van der Waals surface area contributed by atoms with E-state index in [0.717, 1.165) is 5.56 Å². The third-order valence-corrected chi connectivity index (χ3v) is 3.88. The van der Waals surface area contributed by atoms with Crippen LogP contribution in [0.2, 0.25) is 0 Å².